The summed E-state index contributed by atoms with van der Waals surface area (Å²) in [6, 6.07) is 16.2. The van der Waals surface area contributed by atoms with Crippen molar-refractivity contribution in [1.82, 2.24) is 9.80 Å². The van der Waals surface area contributed by atoms with Gasteiger partial charge in [-0.05, 0) is 92.7 Å². The summed E-state index contributed by atoms with van der Waals surface area (Å²) < 4.78 is 11.7. The number of hydrogen-bond acceptors (Lipinski definition) is 4. The van der Waals surface area contributed by atoms with E-state index in [0.29, 0.717) is 11.8 Å². The smallest absolute Gasteiger partial charge is 0.119 e. The number of methoxy groups -OCH3 is 1. The zero-order valence-electron chi connectivity index (χ0n) is 19.8. The molecule has 0 spiro atoms. The first kappa shape index (κ1) is 21.8. The largest absolute Gasteiger partial charge is 0.497 e. The molecule has 2 heterocycles. The molecule has 2 aromatic rings. The fourth-order valence-corrected chi connectivity index (χ4v) is 6.00. The van der Waals surface area contributed by atoms with Gasteiger partial charge in [0.25, 0.3) is 0 Å². The van der Waals surface area contributed by atoms with Gasteiger partial charge in [-0.1, -0.05) is 31.0 Å². The molecule has 5 rings (SSSR count). The quantitative estimate of drug-likeness (QED) is 0.615. The molecule has 0 N–H and O–H groups in total. The van der Waals surface area contributed by atoms with E-state index in [1.807, 2.05) is 0 Å². The molecule has 4 heteroatoms. The number of likely N-dealkylation sites (N-methyl/N-ethyl adjacent to an activating group) is 1. The molecule has 0 bridgehead atoms. The molecule has 1 atom stereocenters. The maximum absolute atomic E-state index is 6.33. The Morgan fingerprint density at radius 2 is 1.62 bits per heavy atom. The Morgan fingerprint density at radius 1 is 0.906 bits per heavy atom. The van der Waals surface area contributed by atoms with E-state index in [9.17, 15) is 0 Å². The van der Waals surface area contributed by atoms with Gasteiger partial charge in [0.2, 0.25) is 0 Å². The first-order valence-corrected chi connectivity index (χ1v) is 12.5. The van der Waals surface area contributed by atoms with Crippen molar-refractivity contribution in [3.8, 4) is 11.5 Å². The van der Waals surface area contributed by atoms with Crippen LogP contribution >= 0.6 is 0 Å². The number of benzene rings is 2. The van der Waals surface area contributed by atoms with E-state index in [0.717, 1.165) is 37.2 Å². The van der Waals surface area contributed by atoms with E-state index in [1.54, 1.807) is 7.11 Å². The lowest BCUT2D eigenvalue weighted by Crippen LogP contribution is -2.41. The summed E-state index contributed by atoms with van der Waals surface area (Å²) in [6.07, 6.45) is 8.26. The third kappa shape index (κ3) is 4.82. The van der Waals surface area contributed by atoms with E-state index >= 15 is 0 Å². The van der Waals surface area contributed by atoms with Gasteiger partial charge in [0.05, 0.1) is 13.7 Å². The molecule has 3 aliphatic rings. The predicted octanol–water partition coefficient (Wildman–Crippen LogP) is 5.31. The molecular formula is C28H38N2O2. The van der Waals surface area contributed by atoms with Crippen LogP contribution in [0.1, 0.15) is 61.1 Å². The average Bonchev–Trinajstić information content (AvgIpc) is 3.37. The Kier molecular flexibility index (Phi) is 6.70. The van der Waals surface area contributed by atoms with Crippen molar-refractivity contribution < 1.29 is 9.47 Å². The minimum absolute atomic E-state index is 0.392. The van der Waals surface area contributed by atoms with Crippen LogP contribution in [0, 0.1) is 5.92 Å². The molecule has 0 radical (unpaired) electrons. The van der Waals surface area contributed by atoms with Crippen molar-refractivity contribution in [3.63, 3.8) is 0 Å². The molecular weight excluding hydrogens is 396 g/mol. The molecule has 0 amide bonds. The number of piperidine rings is 1. The minimum atomic E-state index is 0.392. The molecule has 1 unspecified atom stereocenters. The van der Waals surface area contributed by atoms with E-state index < -0.39 is 0 Å². The summed E-state index contributed by atoms with van der Waals surface area (Å²) in [5.41, 5.74) is 4.18. The molecule has 2 aliphatic heterocycles. The number of hydrogen-bond donors (Lipinski definition) is 0. The first-order chi connectivity index (χ1) is 15.7. The highest BCUT2D eigenvalue weighted by molar-refractivity contribution is 5.45. The highest BCUT2D eigenvalue weighted by Crippen LogP contribution is 2.36. The van der Waals surface area contributed by atoms with Crippen molar-refractivity contribution in [2.75, 3.05) is 40.4 Å². The van der Waals surface area contributed by atoms with Gasteiger partial charge in [-0.3, -0.25) is 0 Å². The van der Waals surface area contributed by atoms with Crippen molar-refractivity contribution in [2.24, 2.45) is 5.92 Å². The van der Waals surface area contributed by atoms with E-state index in [-0.39, 0.29) is 0 Å². The summed E-state index contributed by atoms with van der Waals surface area (Å²) in [5, 5.41) is 0. The number of nitrogens with zero attached hydrogens (tertiary/aromatic N) is 2. The van der Waals surface area contributed by atoms with E-state index in [2.05, 4.69) is 59.3 Å². The van der Waals surface area contributed by atoms with Crippen LogP contribution in [0.25, 0.3) is 0 Å². The zero-order chi connectivity index (χ0) is 21.9. The Bertz CT molecular complexity index is 883. The SMILES string of the molecule is COc1ccc(C2CN(C)Cc3cc(OCC4CCN(C5CCCC5)CC4)ccc32)cc1. The topological polar surface area (TPSA) is 24.9 Å². The molecule has 1 saturated carbocycles. The Hall–Kier alpha value is -2.04. The monoisotopic (exact) mass is 434 g/mol. The van der Waals surface area contributed by atoms with Crippen LogP contribution in [-0.4, -0.2) is 56.2 Å². The maximum atomic E-state index is 6.33. The molecule has 2 fully saturated rings. The van der Waals surface area contributed by atoms with Gasteiger partial charge < -0.3 is 19.3 Å². The number of ether oxygens (including phenoxy) is 2. The van der Waals surface area contributed by atoms with Gasteiger partial charge in [-0.2, -0.15) is 0 Å². The highest BCUT2D eigenvalue weighted by atomic mass is 16.5. The summed E-state index contributed by atoms with van der Waals surface area (Å²) in [5.74, 6) is 3.03. The molecule has 2 aromatic carbocycles. The maximum Gasteiger partial charge on any atom is 0.119 e. The van der Waals surface area contributed by atoms with Gasteiger partial charge in [0.1, 0.15) is 11.5 Å². The molecule has 4 nitrogen and oxygen atoms in total. The van der Waals surface area contributed by atoms with Crippen LogP contribution in [0.2, 0.25) is 0 Å². The molecule has 172 valence electrons. The second kappa shape index (κ2) is 9.84. The summed E-state index contributed by atoms with van der Waals surface area (Å²) in [4.78, 5) is 5.16. The van der Waals surface area contributed by atoms with Crippen LogP contribution in [0.3, 0.4) is 0 Å². The van der Waals surface area contributed by atoms with Crippen LogP contribution < -0.4 is 9.47 Å². The van der Waals surface area contributed by atoms with Gasteiger partial charge >= 0.3 is 0 Å². The Labute approximate surface area is 193 Å². The van der Waals surface area contributed by atoms with Crippen molar-refractivity contribution in [2.45, 2.75) is 57.0 Å². The standard InChI is InChI=1S/C28H38N2O2/c1-29-18-23-17-26(32-20-21-13-15-30(16-14-21)24-5-3-4-6-24)11-12-27(23)28(19-29)22-7-9-25(31-2)10-8-22/h7-12,17,21,24,28H,3-6,13-16,18-20H2,1-2H3. The van der Waals surface area contributed by atoms with Gasteiger partial charge in [-0.25, -0.2) is 0 Å². The van der Waals surface area contributed by atoms with Crippen LogP contribution in [0.15, 0.2) is 42.5 Å². The number of likely N-dealkylation sites (tertiary alicyclic amines) is 1. The molecule has 0 aromatic heterocycles. The van der Waals surface area contributed by atoms with Crippen LogP contribution in [0.4, 0.5) is 0 Å². The molecule has 32 heavy (non-hydrogen) atoms. The Morgan fingerprint density at radius 3 is 2.34 bits per heavy atom. The lowest BCUT2D eigenvalue weighted by Gasteiger charge is -2.36. The number of rotatable bonds is 6. The predicted molar refractivity (Wildman–Crippen MR) is 130 cm³/mol. The second-order valence-corrected chi connectivity index (χ2v) is 10.1. The van der Waals surface area contributed by atoms with Gasteiger partial charge in [0.15, 0.2) is 0 Å². The van der Waals surface area contributed by atoms with E-state index in [1.165, 1.54) is 68.3 Å². The fraction of sp³-hybridized carbons (Fsp3) is 0.571. The molecule has 1 saturated heterocycles. The van der Waals surface area contributed by atoms with Crippen molar-refractivity contribution in [3.05, 3.63) is 59.2 Å². The van der Waals surface area contributed by atoms with Crippen LogP contribution in [0.5, 0.6) is 11.5 Å². The highest BCUT2D eigenvalue weighted by Gasteiger charge is 2.28. The fourth-order valence-electron chi connectivity index (χ4n) is 6.00. The summed E-state index contributed by atoms with van der Waals surface area (Å²) in [7, 11) is 3.93. The van der Waals surface area contributed by atoms with Crippen molar-refractivity contribution >= 4 is 0 Å². The van der Waals surface area contributed by atoms with Crippen LogP contribution in [-0.2, 0) is 6.54 Å². The van der Waals surface area contributed by atoms with E-state index in [4.69, 9.17) is 9.47 Å². The summed E-state index contributed by atoms with van der Waals surface area (Å²) in [6.45, 7) is 5.40. The molecule has 1 aliphatic carbocycles. The third-order valence-corrected chi connectivity index (χ3v) is 7.92. The zero-order valence-corrected chi connectivity index (χ0v) is 19.8. The first-order valence-electron chi connectivity index (χ1n) is 12.5. The minimum Gasteiger partial charge on any atom is -0.497 e. The summed E-state index contributed by atoms with van der Waals surface area (Å²) >= 11 is 0. The van der Waals surface area contributed by atoms with Crippen molar-refractivity contribution in [1.29, 1.82) is 0 Å². The lowest BCUT2D eigenvalue weighted by atomic mass is 9.84. The Balaban J connectivity index is 1.21. The lowest BCUT2D eigenvalue weighted by molar-refractivity contribution is 0.108. The third-order valence-electron chi connectivity index (χ3n) is 7.92. The average molecular weight is 435 g/mol. The van der Waals surface area contributed by atoms with Gasteiger partial charge in [0, 0.05) is 25.0 Å². The normalized spacial score (nSPS) is 23.2. The van der Waals surface area contributed by atoms with Gasteiger partial charge in [-0.15, -0.1) is 0 Å². The number of fused-ring (bicyclic) bond motifs is 1. The second-order valence-electron chi connectivity index (χ2n) is 10.1.